The second kappa shape index (κ2) is 9.70. The number of likely N-dealkylation sites (N-methyl/N-ethyl adjacent to an activating group) is 1. The number of guanidine groups is 1. The van der Waals surface area contributed by atoms with Crippen molar-refractivity contribution in [2.75, 3.05) is 34.9 Å². The molecule has 2 rings (SSSR count). The molecule has 0 bridgehead atoms. The zero-order valence-electron chi connectivity index (χ0n) is 16.4. The highest BCUT2D eigenvalue weighted by Gasteiger charge is 2.08. The minimum absolute atomic E-state index is 0.750. The van der Waals surface area contributed by atoms with Crippen LogP contribution in [0.15, 0.2) is 47.5 Å². The Kier molecular flexibility index (Phi) is 7.33. The SMILES string of the molecule is CN=C(NCc1ccc(C)cc1)N(C)CCc1ccc(OC)c(OC)c1. The van der Waals surface area contributed by atoms with E-state index in [1.807, 2.05) is 26.2 Å². The number of nitrogens with one attached hydrogen (secondary N) is 1. The van der Waals surface area contributed by atoms with Crippen LogP contribution in [0.3, 0.4) is 0 Å². The Labute approximate surface area is 156 Å². The number of aryl methyl sites for hydroxylation is 1. The van der Waals surface area contributed by atoms with Crippen molar-refractivity contribution < 1.29 is 9.47 Å². The minimum Gasteiger partial charge on any atom is -0.493 e. The summed E-state index contributed by atoms with van der Waals surface area (Å²) in [6.07, 6.45) is 0.891. The monoisotopic (exact) mass is 355 g/mol. The zero-order valence-corrected chi connectivity index (χ0v) is 16.4. The summed E-state index contributed by atoms with van der Waals surface area (Å²) < 4.78 is 10.7. The highest BCUT2D eigenvalue weighted by Crippen LogP contribution is 2.27. The van der Waals surface area contributed by atoms with E-state index in [0.29, 0.717) is 0 Å². The maximum atomic E-state index is 5.37. The predicted octanol–water partition coefficient (Wildman–Crippen LogP) is 3.26. The Morgan fingerprint density at radius 2 is 1.65 bits per heavy atom. The molecule has 0 aliphatic heterocycles. The number of aliphatic imine (C=N–C) groups is 1. The minimum atomic E-state index is 0.750. The summed E-state index contributed by atoms with van der Waals surface area (Å²) in [7, 11) is 7.16. The second-order valence-electron chi connectivity index (χ2n) is 6.25. The molecule has 0 aromatic heterocycles. The van der Waals surface area contributed by atoms with Crippen molar-refractivity contribution >= 4 is 5.96 Å². The van der Waals surface area contributed by atoms with Crippen molar-refractivity contribution in [3.05, 3.63) is 59.2 Å². The number of ether oxygens (including phenoxy) is 2. The van der Waals surface area contributed by atoms with Gasteiger partial charge < -0.3 is 19.7 Å². The van der Waals surface area contributed by atoms with Crippen LogP contribution in [0.2, 0.25) is 0 Å². The largest absolute Gasteiger partial charge is 0.493 e. The van der Waals surface area contributed by atoms with Crippen LogP contribution in [0.25, 0.3) is 0 Å². The molecule has 0 radical (unpaired) electrons. The Morgan fingerprint density at radius 1 is 1.00 bits per heavy atom. The van der Waals surface area contributed by atoms with Crippen LogP contribution in [0, 0.1) is 6.92 Å². The van der Waals surface area contributed by atoms with Crippen LogP contribution in [-0.2, 0) is 13.0 Å². The molecule has 1 N–H and O–H groups in total. The van der Waals surface area contributed by atoms with Crippen LogP contribution in [0.1, 0.15) is 16.7 Å². The van der Waals surface area contributed by atoms with Crippen LogP contribution >= 0.6 is 0 Å². The van der Waals surface area contributed by atoms with Gasteiger partial charge in [0.15, 0.2) is 17.5 Å². The van der Waals surface area contributed by atoms with Crippen LogP contribution < -0.4 is 14.8 Å². The van der Waals surface area contributed by atoms with Crippen molar-refractivity contribution in [2.45, 2.75) is 19.9 Å². The number of hydrogen-bond acceptors (Lipinski definition) is 3. The molecular formula is C21H29N3O2. The van der Waals surface area contributed by atoms with E-state index in [-0.39, 0.29) is 0 Å². The van der Waals surface area contributed by atoms with E-state index in [1.165, 1.54) is 16.7 Å². The molecule has 26 heavy (non-hydrogen) atoms. The van der Waals surface area contributed by atoms with E-state index in [0.717, 1.165) is 37.0 Å². The number of benzene rings is 2. The number of hydrogen-bond donors (Lipinski definition) is 1. The van der Waals surface area contributed by atoms with Crippen molar-refractivity contribution in [2.24, 2.45) is 4.99 Å². The van der Waals surface area contributed by atoms with Gasteiger partial charge in [0.2, 0.25) is 0 Å². The Hall–Kier alpha value is -2.69. The highest BCUT2D eigenvalue weighted by atomic mass is 16.5. The molecule has 0 aliphatic rings. The normalized spacial score (nSPS) is 11.2. The molecule has 2 aromatic rings. The summed E-state index contributed by atoms with van der Waals surface area (Å²) in [5, 5.41) is 3.41. The van der Waals surface area contributed by atoms with Crippen LogP contribution in [-0.4, -0.2) is 45.7 Å². The second-order valence-corrected chi connectivity index (χ2v) is 6.25. The summed E-state index contributed by atoms with van der Waals surface area (Å²) >= 11 is 0. The van der Waals surface area contributed by atoms with E-state index >= 15 is 0 Å². The predicted molar refractivity (Wildman–Crippen MR) is 107 cm³/mol. The molecule has 2 aromatic carbocycles. The van der Waals surface area contributed by atoms with E-state index in [4.69, 9.17) is 9.47 Å². The number of nitrogens with zero attached hydrogens (tertiary/aromatic N) is 2. The zero-order chi connectivity index (χ0) is 18.9. The third kappa shape index (κ3) is 5.41. The average Bonchev–Trinajstić information content (AvgIpc) is 2.67. The number of rotatable bonds is 7. The van der Waals surface area contributed by atoms with Crippen molar-refractivity contribution in [3.63, 3.8) is 0 Å². The van der Waals surface area contributed by atoms with Gasteiger partial charge in [0.25, 0.3) is 0 Å². The molecule has 140 valence electrons. The molecule has 0 aliphatic carbocycles. The van der Waals surface area contributed by atoms with Gasteiger partial charge in [0, 0.05) is 27.2 Å². The number of methoxy groups -OCH3 is 2. The summed E-state index contributed by atoms with van der Waals surface area (Å²) in [5.74, 6) is 2.39. The van der Waals surface area contributed by atoms with Crippen molar-refractivity contribution in [1.82, 2.24) is 10.2 Å². The fraction of sp³-hybridized carbons (Fsp3) is 0.381. The van der Waals surface area contributed by atoms with E-state index in [1.54, 1.807) is 14.2 Å². The van der Waals surface area contributed by atoms with Gasteiger partial charge in [-0.05, 0) is 36.6 Å². The highest BCUT2D eigenvalue weighted by molar-refractivity contribution is 5.79. The van der Waals surface area contributed by atoms with Crippen LogP contribution in [0.4, 0.5) is 0 Å². The molecule has 0 saturated heterocycles. The third-order valence-corrected chi connectivity index (χ3v) is 4.33. The maximum Gasteiger partial charge on any atom is 0.193 e. The van der Waals surface area contributed by atoms with Gasteiger partial charge in [-0.3, -0.25) is 4.99 Å². The lowest BCUT2D eigenvalue weighted by Gasteiger charge is -2.22. The van der Waals surface area contributed by atoms with E-state index in [2.05, 4.69) is 52.5 Å². The molecular weight excluding hydrogens is 326 g/mol. The molecule has 0 fully saturated rings. The molecule has 5 heteroatoms. The summed E-state index contributed by atoms with van der Waals surface area (Å²) in [5.41, 5.74) is 3.71. The smallest absolute Gasteiger partial charge is 0.193 e. The fourth-order valence-electron chi connectivity index (χ4n) is 2.71. The maximum absolute atomic E-state index is 5.37. The summed E-state index contributed by atoms with van der Waals surface area (Å²) in [6.45, 7) is 3.70. The van der Waals surface area contributed by atoms with Crippen molar-refractivity contribution in [1.29, 1.82) is 0 Å². The van der Waals surface area contributed by atoms with Gasteiger partial charge in [-0.15, -0.1) is 0 Å². The third-order valence-electron chi connectivity index (χ3n) is 4.33. The molecule has 0 spiro atoms. The first kappa shape index (κ1) is 19.6. The standard InChI is InChI=1S/C21H29N3O2/c1-16-6-8-18(9-7-16)15-23-21(22-2)24(3)13-12-17-10-11-19(25-4)20(14-17)26-5/h6-11,14H,12-13,15H2,1-5H3,(H,22,23). The summed E-state index contributed by atoms with van der Waals surface area (Å²) in [6, 6.07) is 14.6. The van der Waals surface area contributed by atoms with Gasteiger partial charge in [-0.25, -0.2) is 0 Å². The lowest BCUT2D eigenvalue weighted by atomic mass is 10.1. The fourth-order valence-corrected chi connectivity index (χ4v) is 2.71. The molecule has 0 unspecified atom stereocenters. The molecule has 0 heterocycles. The quantitative estimate of drug-likeness (QED) is 0.612. The molecule has 0 saturated carbocycles. The first-order valence-corrected chi connectivity index (χ1v) is 8.75. The average molecular weight is 355 g/mol. The van der Waals surface area contributed by atoms with Crippen LogP contribution in [0.5, 0.6) is 11.5 Å². The van der Waals surface area contributed by atoms with Gasteiger partial charge in [-0.1, -0.05) is 35.9 Å². The van der Waals surface area contributed by atoms with E-state index < -0.39 is 0 Å². The van der Waals surface area contributed by atoms with Gasteiger partial charge in [0.1, 0.15) is 0 Å². The summed E-state index contributed by atoms with van der Waals surface area (Å²) in [4.78, 5) is 6.51. The Balaban J connectivity index is 1.90. The van der Waals surface area contributed by atoms with Gasteiger partial charge in [0.05, 0.1) is 14.2 Å². The van der Waals surface area contributed by atoms with Gasteiger partial charge >= 0.3 is 0 Å². The molecule has 5 nitrogen and oxygen atoms in total. The first-order valence-electron chi connectivity index (χ1n) is 8.75. The van der Waals surface area contributed by atoms with Crippen molar-refractivity contribution in [3.8, 4) is 11.5 Å². The molecule has 0 atom stereocenters. The first-order chi connectivity index (χ1) is 12.6. The van der Waals surface area contributed by atoms with Gasteiger partial charge in [-0.2, -0.15) is 0 Å². The Bertz CT molecular complexity index is 727. The topological polar surface area (TPSA) is 46.1 Å². The molecule has 0 amide bonds. The lowest BCUT2D eigenvalue weighted by molar-refractivity contribution is 0.354. The van der Waals surface area contributed by atoms with E-state index in [9.17, 15) is 0 Å². The Morgan fingerprint density at radius 3 is 2.27 bits per heavy atom. The lowest BCUT2D eigenvalue weighted by Crippen LogP contribution is -2.39.